The van der Waals surface area contributed by atoms with E-state index < -0.39 is 4.92 Å². The summed E-state index contributed by atoms with van der Waals surface area (Å²) >= 11 is 5.48. The fourth-order valence-electron chi connectivity index (χ4n) is 2.97. The second-order valence-corrected chi connectivity index (χ2v) is 6.73. The molecule has 0 radical (unpaired) electrons. The van der Waals surface area contributed by atoms with Crippen LogP contribution < -0.4 is 10.1 Å². The average molecular weight is 386 g/mol. The van der Waals surface area contributed by atoms with Crippen molar-refractivity contribution < 1.29 is 9.66 Å². The molecule has 0 saturated carbocycles. The summed E-state index contributed by atoms with van der Waals surface area (Å²) in [6.45, 7) is 4.44. The van der Waals surface area contributed by atoms with E-state index in [0.717, 1.165) is 44.2 Å². The Morgan fingerprint density at radius 3 is 2.30 bits per heavy atom. The van der Waals surface area contributed by atoms with Gasteiger partial charge in [0.15, 0.2) is 5.11 Å². The van der Waals surface area contributed by atoms with Crippen LogP contribution in [0.3, 0.4) is 0 Å². The molecular formula is C19H22N4O3S. The van der Waals surface area contributed by atoms with Gasteiger partial charge in [0.2, 0.25) is 0 Å². The highest BCUT2D eigenvalue weighted by molar-refractivity contribution is 7.80. The third kappa shape index (κ3) is 5.15. The molecule has 0 spiro atoms. The van der Waals surface area contributed by atoms with Gasteiger partial charge in [0.1, 0.15) is 5.75 Å². The van der Waals surface area contributed by atoms with Gasteiger partial charge in [-0.15, -0.1) is 0 Å². The molecule has 0 aromatic heterocycles. The SMILES string of the molecule is COc1ccc(CN2CCN(C(=S)Nc3ccc([N+](=O)[O-])cc3)CC2)cc1. The van der Waals surface area contributed by atoms with E-state index in [4.69, 9.17) is 17.0 Å². The number of nitrogens with one attached hydrogen (secondary N) is 1. The molecule has 1 aliphatic rings. The average Bonchev–Trinajstić information content (AvgIpc) is 2.69. The van der Waals surface area contributed by atoms with E-state index >= 15 is 0 Å². The van der Waals surface area contributed by atoms with Crippen LogP contribution in [0.25, 0.3) is 0 Å². The number of anilines is 1. The van der Waals surface area contributed by atoms with Crippen LogP contribution in [0.2, 0.25) is 0 Å². The number of hydrogen-bond donors (Lipinski definition) is 1. The molecule has 8 heteroatoms. The van der Waals surface area contributed by atoms with Crippen LogP contribution in [-0.4, -0.2) is 53.1 Å². The second-order valence-electron chi connectivity index (χ2n) is 6.35. The van der Waals surface area contributed by atoms with Crippen molar-refractivity contribution in [1.29, 1.82) is 0 Å². The van der Waals surface area contributed by atoms with Gasteiger partial charge in [-0.1, -0.05) is 12.1 Å². The largest absolute Gasteiger partial charge is 0.497 e. The predicted molar refractivity (Wildman–Crippen MR) is 109 cm³/mol. The van der Waals surface area contributed by atoms with E-state index in [9.17, 15) is 10.1 Å². The first-order valence-electron chi connectivity index (χ1n) is 8.71. The highest BCUT2D eigenvalue weighted by Gasteiger charge is 2.19. The normalized spacial score (nSPS) is 14.6. The van der Waals surface area contributed by atoms with Gasteiger partial charge in [0, 0.05) is 50.5 Å². The lowest BCUT2D eigenvalue weighted by atomic mass is 10.2. The van der Waals surface area contributed by atoms with E-state index in [1.807, 2.05) is 12.1 Å². The molecular weight excluding hydrogens is 364 g/mol. The second kappa shape index (κ2) is 8.79. The molecule has 1 fully saturated rings. The number of thiocarbonyl (C=S) groups is 1. The molecule has 7 nitrogen and oxygen atoms in total. The molecule has 142 valence electrons. The highest BCUT2D eigenvalue weighted by Crippen LogP contribution is 2.17. The molecule has 2 aromatic carbocycles. The Labute approximate surface area is 163 Å². The monoisotopic (exact) mass is 386 g/mol. The summed E-state index contributed by atoms with van der Waals surface area (Å²) in [6, 6.07) is 14.4. The van der Waals surface area contributed by atoms with Crippen LogP contribution in [0.1, 0.15) is 5.56 Å². The number of non-ortho nitro benzene ring substituents is 1. The molecule has 27 heavy (non-hydrogen) atoms. The maximum absolute atomic E-state index is 10.7. The summed E-state index contributed by atoms with van der Waals surface area (Å²) in [5.74, 6) is 0.867. The van der Waals surface area contributed by atoms with Crippen molar-refractivity contribution in [3.63, 3.8) is 0 Å². The summed E-state index contributed by atoms with van der Waals surface area (Å²) < 4.78 is 5.19. The van der Waals surface area contributed by atoms with E-state index in [1.54, 1.807) is 19.2 Å². The van der Waals surface area contributed by atoms with Crippen molar-refractivity contribution in [2.45, 2.75) is 6.54 Å². The summed E-state index contributed by atoms with van der Waals surface area (Å²) in [7, 11) is 1.67. The molecule has 1 saturated heterocycles. The van der Waals surface area contributed by atoms with Crippen molar-refractivity contribution >= 4 is 28.7 Å². The minimum Gasteiger partial charge on any atom is -0.497 e. The number of benzene rings is 2. The van der Waals surface area contributed by atoms with Gasteiger partial charge in [-0.05, 0) is 42.0 Å². The molecule has 1 aliphatic heterocycles. The Kier molecular flexibility index (Phi) is 6.20. The van der Waals surface area contributed by atoms with Crippen molar-refractivity contribution in [2.75, 3.05) is 38.6 Å². The number of methoxy groups -OCH3 is 1. The van der Waals surface area contributed by atoms with Crippen LogP contribution >= 0.6 is 12.2 Å². The van der Waals surface area contributed by atoms with Gasteiger partial charge < -0.3 is 15.0 Å². The van der Waals surface area contributed by atoms with Gasteiger partial charge in [0.25, 0.3) is 5.69 Å². The smallest absolute Gasteiger partial charge is 0.269 e. The number of piperazine rings is 1. The highest BCUT2D eigenvalue weighted by atomic mass is 32.1. The fraction of sp³-hybridized carbons (Fsp3) is 0.316. The zero-order chi connectivity index (χ0) is 19.2. The summed E-state index contributed by atoms with van der Waals surface area (Å²) in [4.78, 5) is 14.8. The Bertz CT molecular complexity index is 788. The van der Waals surface area contributed by atoms with Gasteiger partial charge in [-0.2, -0.15) is 0 Å². The first-order valence-corrected chi connectivity index (χ1v) is 9.11. The number of nitro benzene ring substituents is 1. The third-order valence-electron chi connectivity index (χ3n) is 4.55. The summed E-state index contributed by atoms with van der Waals surface area (Å²) in [5, 5.41) is 14.5. The lowest BCUT2D eigenvalue weighted by molar-refractivity contribution is -0.384. The van der Waals surface area contributed by atoms with Gasteiger partial charge in [0.05, 0.1) is 12.0 Å². The Morgan fingerprint density at radius 2 is 1.74 bits per heavy atom. The number of hydrogen-bond acceptors (Lipinski definition) is 5. The maximum atomic E-state index is 10.7. The maximum Gasteiger partial charge on any atom is 0.269 e. The molecule has 0 unspecified atom stereocenters. The van der Waals surface area contributed by atoms with Crippen molar-refractivity contribution in [3.05, 3.63) is 64.2 Å². The number of rotatable bonds is 5. The minimum atomic E-state index is -0.413. The standard InChI is InChI=1S/C19H22N4O3S/c1-26-18-8-2-15(3-9-18)14-21-10-12-22(13-11-21)19(27)20-16-4-6-17(7-5-16)23(24)25/h2-9H,10-14H2,1H3,(H,20,27). The molecule has 0 amide bonds. The van der Waals surface area contributed by atoms with E-state index in [-0.39, 0.29) is 5.69 Å². The van der Waals surface area contributed by atoms with E-state index in [2.05, 4.69) is 27.2 Å². The molecule has 1 heterocycles. The Morgan fingerprint density at radius 1 is 1.11 bits per heavy atom. The van der Waals surface area contributed by atoms with Crippen molar-refractivity contribution in [2.24, 2.45) is 0 Å². The Hall–Kier alpha value is -2.71. The number of ether oxygens (including phenoxy) is 1. The van der Waals surface area contributed by atoms with Crippen LogP contribution in [0.5, 0.6) is 5.75 Å². The lowest BCUT2D eigenvalue weighted by Gasteiger charge is -2.36. The first-order chi connectivity index (χ1) is 13.0. The van der Waals surface area contributed by atoms with Gasteiger partial charge in [-0.25, -0.2) is 0 Å². The van der Waals surface area contributed by atoms with Crippen LogP contribution in [0.4, 0.5) is 11.4 Å². The van der Waals surface area contributed by atoms with Crippen LogP contribution in [0.15, 0.2) is 48.5 Å². The van der Waals surface area contributed by atoms with E-state index in [1.165, 1.54) is 17.7 Å². The summed E-state index contributed by atoms with van der Waals surface area (Å²) in [5.41, 5.74) is 2.08. The molecule has 2 aromatic rings. The van der Waals surface area contributed by atoms with E-state index in [0.29, 0.717) is 5.11 Å². The molecule has 0 bridgehead atoms. The van der Waals surface area contributed by atoms with Crippen LogP contribution in [0, 0.1) is 10.1 Å². The van der Waals surface area contributed by atoms with Crippen LogP contribution in [-0.2, 0) is 6.54 Å². The summed E-state index contributed by atoms with van der Waals surface area (Å²) in [6.07, 6.45) is 0. The quantitative estimate of drug-likeness (QED) is 0.481. The minimum absolute atomic E-state index is 0.0682. The molecule has 3 rings (SSSR count). The van der Waals surface area contributed by atoms with Crippen molar-refractivity contribution in [3.8, 4) is 5.75 Å². The molecule has 1 N–H and O–H groups in total. The third-order valence-corrected chi connectivity index (χ3v) is 4.91. The fourth-order valence-corrected chi connectivity index (χ4v) is 3.27. The predicted octanol–water partition coefficient (Wildman–Crippen LogP) is 3.12. The lowest BCUT2D eigenvalue weighted by Crippen LogP contribution is -2.49. The zero-order valence-electron chi connectivity index (χ0n) is 15.1. The number of nitrogens with zero attached hydrogens (tertiary/aromatic N) is 3. The topological polar surface area (TPSA) is 70.9 Å². The number of nitro groups is 1. The van der Waals surface area contributed by atoms with Gasteiger partial charge in [-0.3, -0.25) is 15.0 Å². The van der Waals surface area contributed by atoms with Crippen molar-refractivity contribution in [1.82, 2.24) is 9.80 Å². The molecule has 0 aliphatic carbocycles. The first kappa shape index (κ1) is 19.1. The molecule has 0 atom stereocenters. The zero-order valence-corrected chi connectivity index (χ0v) is 15.9. The van der Waals surface area contributed by atoms with Gasteiger partial charge >= 0.3 is 0 Å². The Balaban J connectivity index is 1.47.